The number of rotatable bonds is 8. The summed E-state index contributed by atoms with van der Waals surface area (Å²) < 4.78 is 0. The fourth-order valence-corrected chi connectivity index (χ4v) is 1.90. The Labute approximate surface area is 124 Å². The van der Waals surface area contributed by atoms with Crippen LogP contribution in [0.2, 0.25) is 0 Å². The van der Waals surface area contributed by atoms with Gasteiger partial charge in [0.25, 0.3) is 11.8 Å². The number of imide groups is 1. The van der Waals surface area contributed by atoms with Crippen molar-refractivity contribution < 1.29 is 24.0 Å². The molecule has 0 radical (unpaired) electrons. The molecule has 0 aromatic heterocycles. The number of hydroxylamine groups is 2. The summed E-state index contributed by atoms with van der Waals surface area (Å²) in [6.07, 6.45) is 2.58. The molecule has 1 rings (SSSR count). The molecule has 0 unspecified atom stereocenters. The van der Waals surface area contributed by atoms with Crippen molar-refractivity contribution in [2.24, 2.45) is 5.41 Å². The number of Topliss-reactive ketones (excluding diaryl/α,β-unsaturated/α-hetero) is 1. The van der Waals surface area contributed by atoms with Crippen LogP contribution in [0.15, 0.2) is 0 Å². The van der Waals surface area contributed by atoms with Gasteiger partial charge in [-0.05, 0) is 19.3 Å². The molecule has 1 saturated heterocycles. The summed E-state index contributed by atoms with van der Waals surface area (Å²) in [6, 6.07) is 0. The number of ketones is 1. The van der Waals surface area contributed by atoms with Gasteiger partial charge in [0, 0.05) is 31.1 Å². The molecular formula is C15H23NO5. The zero-order chi connectivity index (χ0) is 16.0. The Kier molecular flexibility index (Phi) is 6.05. The van der Waals surface area contributed by atoms with E-state index in [1.807, 2.05) is 20.8 Å². The molecule has 0 aliphatic carbocycles. The highest BCUT2D eigenvalue weighted by atomic mass is 16.7. The van der Waals surface area contributed by atoms with Crippen molar-refractivity contribution in [2.45, 2.75) is 65.7 Å². The van der Waals surface area contributed by atoms with E-state index in [1.54, 1.807) is 0 Å². The lowest BCUT2D eigenvalue weighted by Crippen LogP contribution is -2.32. The zero-order valence-corrected chi connectivity index (χ0v) is 12.9. The third-order valence-corrected chi connectivity index (χ3v) is 3.87. The second kappa shape index (κ2) is 7.33. The van der Waals surface area contributed by atoms with Crippen LogP contribution >= 0.6 is 0 Å². The van der Waals surface area contributed by atoms with Crippen LogP contribution in [0, 0.1) is 5.41 Å². The van der Waals surface area contributed by atoms with Crippen LogP contribution in [0.5, 0.6) is 0 Å². The molecular weight excluding hydrogens is 274 g/mol. The van der Waals surface area contributed by atoms with Crippen molar-refractivity contribution >= 4 is 23.6 Å². The molecule has 0 N–H and O–H groups in total. The first kappa shape index (κ1) is 17.3. The van der Waals surface area contributed by atoms with E-state index in [0.29, 0.717) is 24.3 Å². The molecule has 0 spiro atoms. The van der Waals surface area contributed by atoms with Gasteiger partial charge in [0.2, 0.25) is 0 Å². The van der Waals surface area contributed by atoms with E-state index in [9.17, 15) is 19.2 Å². The predicted molar refractivity (Wildman–Crippen MR) is 74.7 cm³/mol. The fraction of sp³-hybridized carbons (Fsp3) is 0.733. The minimum Gasteiger partial charge on any atom is -0.330 e. The maximum atomic E-state index is 11.9. The van der Waals surface area contributed by atoms with Gasteiger partial charge in [-0.25, -0.2) is 4.79 Å². The van der Waals surface area contributed by atoms with E-state index in [2.05, 4.69) is 0 Å². The minimum absolute atomic E-state index is 0.0900. The van der Waals surface area contributed by atoms with Crippen molar-refractivity contribution in [3.05, 3.63) is 0 Å². The first-order valence-electron chi connectivity index (χ1n) is 7.38. The second-order valence-corrected chi connectivity index (χ2v) is 5.91. The monoisotopic (exact) mass is 297 g/mol. The molecule has 1 aliphatic heterocycles. The average molecular weight is 297 g/mol. The Morgan fingerprint density at radius 2 is 1.62 bits per heavy atom. The number of carbonyl (C=O) groups is 4. The highest BCUT2D eigenvalue weighted by molar-refractivity contribution is 6.01. The number of carbonyl (C=O) groups excluding carboxylic acids is 4. The minimum atomic E-state index is -0.610. The van der Waals surface area contributed by atoms with Crippen LogP contribution in [0.3, 0.4) is 0 Å². The van der Waals surface area contributed by atoms with Gasteiger partial charge >= 0.3 is 5.97 Å². The smallest absolute Gasteiger partial charge is 0.330 e. The molecule has 0 atom stereocenters. The van der Waals surface area contributed by atoms with Crippen molar-refractivity contribution in [2.75, 3.05) is 0 Å². The quantitative estimate of drug-likeness (QED) is 0.506. The van der Waals surface area contributed by atoms with Gasteiger partial charge in [-0.3, -0.25) is 14.4 Å². The standard InChI is InChI=1S/C15H23NO5/c1-4-15(2,3)11(17)7-5-6-8-14(20)21-16-12(18)9-10-13(16)19/h4-10H2,1-3H3. The van der Waals surface area contributed by atoms with E-state index < -0.39 is 17.8 Å². The summed E-state index contributed by atoms with van der Waals surface area (Å²) in [5.74, 6) is -1.38. The van der Waals surface area contributed by atoms with E-state index in [-0.39, 0.29) is 30.5 Å². The largest absolute Gasteiger partial charge is 0.333 e. The molecule has 21 heavy (non-hydrogen) atoms. The van der Waals surface area contributed by atoms with Crippen molar-refractivity contribution in [1.29, 1.82) is 0 Å². The van der Waals surface area contributed by atoms with Crippen molar-refractivity contribution in [3.8, 4) is 0 Å². The highest BCUT2D eigenvalue weighted by Crippen LogP contribution is 2.24. The Balaban J connectivity index is 2.24. The van der Waals surface area contributed by atoms with Gasteiger partial charge in [-0.2, -0.15) is 0 Å². The zero-order valence-electron chi connectivity index (χ0n) is 12.9. The van der Waals surface area contributed by atoms with E-state index in [1.165, 1.54) is 0 Å². The van der Waals surface area contributed by atoms with Crippen LogP contribution in [-0.2, 0) is 24.0 Å². The molecule has 1 heterocycles. The summed E-state index contributed by atoms with van der Waals surface area (Å²) >= 11 is 0. The van der Waals surface area contributed by atoms with E-state index in [0.717, 1.165) is 6.42 Å². The van der Waals surface area contributed by atoms with Gasteiger partial charge in [0.05, 0.1) is 0 Å². The molecule has 0 aromatic carbocycles. The summed E-state index contributed by atoms with van der Waals surface area (Å²) in [6.45, 7) is 5.79. The second-order valence-electron chi connectivity index (χ2n) is 5.91. The first-order valence-corrected chi connectivity index (χ1v) is 7.38. The van der Waals surface area contributed by atoms with Gasteiger partial charge < -0.3 is 4.84 Å². The molecule has 1 fully saturated rings. The molecule has 2 amide bonds. The molecule has 118 valence electrons. The molecule has 0 bridgehead atoms. The lowest BCUT2D eigenvalue weighted by Gasteiger charge is -2.20. The first-order chi connectivity index (χ1) is 9.77. The number of hydrogen-bond donors (Lipinski definition) is 0. The maximum absolute atomic E-state index is 11.9. The SMILES string of the molecule is CCC(C)(C)C(=O)CCCCC(=O)ON1C(=O)CCC1=O. The average Bonchev–Trinajstić information content (AvgIpc) is 2.75. The molecule has 0 saturated carbocycles. The van der Waals surface area contributed by atoms with Crippen LogP contribution in [0.4, 0.5) is 0 Å². The van der Waals surface area contributed by atoms with Gasteiger partial charge in [0.1, 0.15) is 5.78 Å². The number of unbranched alkanes of at least 4 members (excludes halogenated alkanes) is 1. The van der Waals surface area contributed by atoms with Crippen molar-refractivity contribution in [1.82, 2.24) is 5.06 Å². The lowest BCUT2D eigenvalue weighted by atomic mass is 9.83. The lowest BCUT2D eigenvalue weighted by molar-refractivity contribution is -0.197. The number of hydrogen-bond acceptors (Lipinski definition) is 5. The maximum Gasteiger partial charge on any atom is 0.333 e. The third kappa shape index (κ3) is 4.95. The van der Waals surface area contributed by atoms with Crippen LogP contribution in [0.25, 0.3) is 0 Å². The summed E-state index contributed by atoms with van der Waals surface area (Å²) in [4.78, 5) is 50.7. The summed E-state index contributed by atoms with van der Waals surface area (Å²) in [5, 5.41) is 0.549. The topological polar surface area (TPSA) is 80.8 Å². The predicted octanol–water partition coefficient (Wildman–Crippen LogP) is 2.16. The Bertz CT molecular complexity index is 425. The highest BCUT2D eigenvalue weighted by Gasteiger charge is 2.32. The fourth-order valence-electron chi connectivity index (χ4n) is 1.90. The van der Waals surface area contributed by atoms with Crippen molar-refractivity contribution in [3.63, 3.8) is 0 Å². The van der Waals surface area contributed by atoms with Crippen LogP contribution in [-0.4, -0.2) is 28.6 Å². The Hall–Kier alpha value is -1.72. The molecule has 1 aliphatic rings. The number of amides is 2. The number of nitrogens with zero attached hydrogens (tertiary/aromatic N) is 1. The normalized spacial score (nSPS) is 15.5. The van der Waals surface area contributed by atoms with E-state index in [4.69, 9.17) is 4.84 Å². The van der Waals surface area contributed by atoms with Crippen LogP contribution in [0.1, 0.15) is 65.7 Å². The van der Waals surface area contributed by atoms with Gasteiger partial charge in [-0.1, -0.05) is 20.8 Å². The Morgan fingerprint density at radius 3 is 2.14 bits per heavy atom. The van der Waals surface area contributed by atoms with Gasteiger partial charge in [-0.15, -0.1) is 5.06 Å². The summed E-state index contributed by atoms with van der Waals surface area (Å²) in [5.41, 5.74) is -0.325. The molecule has 6 nitrogen and oxygen atoms in total. The summed E-state index contributed by atoms with van der Waals surface area (Å²) in [7, 11) is 0. The Morgan fingerprint density at radius 1 is 1.10 bits per heavy atom. The van der Waals surface area contributed by atoms with Gasteiger partial charge in [0.15, 0.2) is 0 Å². The van der Waals surface area contributed by atoms with Crippen LogP contribution < -0.4 is 0 Å². The van der Waals surface area contributed by atoms with E-state index >= 15 is 0 Å². The molecule has 6 heteroatoms. The molecule has 0 aromatic rings. The third-order valence-electron chi connectivity index (χ3n) is 3.87.